The van der Waals surface area contributed by atoms with E-state index in [0.29, 0.717) is 11.4 Å². The number of nitrogen functional groups attached to an aromatic ring is 1. The summed E-state index contributed by atoms with van der Waals surface area (Å²) in [5.41, 5.74) is 11.7. The van der Waals surface area contributed by atoms with Crippen molar-refractivity contribution in [2.24, 2.45) is 0 Å². The van der Waals surface area contributed by atoms with Gasteiger partial charge < -0.3 is 26.0 Å². The van der Waals surface area contributed by atoms with Gasteiger partial charge in [-0.1, -0.05) is 48.5 Å². The van der Waals surface area contributed by atoms with Crippen LogP contribution in [-0.4, -0.2) is 40.5 Å². The lowest BCUT2D eigenvalue weighted by Gasteiger charge is -2.19. The number of alkyl carbamates (subject to hydrolysis) is 1. The van der Waals surface area contributed by atoms with Gasteiger partial charge in [-0.25, -0.2) is 4.79 Å². The van der Waals surface area contributed by atoms with Crippen LogP contribution in [0.3, 0.4) is 0 Å². The molecule has 32 heavy (non-hydrogen) atoms. The predicted octanol–water partition coefficient (Wildman–Crippen LogP) is 3.30. The minimum atomic E-state index is -1.24. The molecule has 1 aromatic heterocycles. The first-order valence-electron chi connectivity index (χ1n) is 10.6. The Kier molecular flexibility index (Phi) is 6.39. The second-order valence-corrected chi connectivity index (χ2v) is 7.98. The molecule has 7 heteroatoms. The van der Waals surface area contributed by atoms with Gasteiger partial charge in [0.15, 0.2) is 0 Å². The average molecular weight is 434 g/mol. The summed E-state index contributed by atoms with van der Waals surface area (Å²) in [6.07, 6.45) is -2.80. The molecule has 7 nitrogen and oxygen atoms in total. The van der Waals surface area contributed by atoms with E-state index >= 15 is 0 Å². The zero-order valence-corrected chi connectivity index (χ0v) is 17.9. The molecule has 0 spiro atoms. The number of aliphatic hydroxyl groups excluding tert-OH is 2. The van der Waals surface area contributed by atoms with Gasteiger partial charge in [0.05, 0.1) is 17.5 Å². The highest BCUT2D eigenvalue weighted by Crippen LogP contribution is 2.44. The third kappa shape index (κ3) is 4.44. The maximum atomic E-state index is 12.2. The highest BCUT2D eigenvalue weighted by atomic mass is 16.5. The van der Waals surface area contributed by atoms with Crippen molar-refractivity contribution in [3.63, 3.8) is 0 Å². The van der Waals surface area contributed by atoms with Crippen molar-refractivity contribution in [1.82, 2.24) is 10.3 Å². The van der Waals surface area contributed by atoms with Crippen LogP contribution in [0.4, 0.5) is 10.5 Å². The smallest absolute Gasteiger partial charge is 0.407 e. The van der Waals surface area contributed by atoms with Crippen LogP contribution >= 0.6 is 0 Å². The fourth-order valence-corrected chi connectivity index (χ4v) is 4.14. The number of anilines is 1. The van der Waals surface area contributed by atoms with Gasteiger partial charge >= 0.3 is 6.09 Å². The molecule has 5 N–H and O–H groups in total. The lowest BCUT2D eigenvalue weighted by molar-refractivity contribution is 0.0116. The van der Waals surface area contributed by atoms with Crippen LogP contribution in [-0.2, 0) is 4.74 Å². The zero-order chi connectivity index (χ0) is 22.7. The van der Waals surface area contributed by atoms with E-state index in [2.05, 4.69) is 34.6 Å². The van der Waals surface area contributed by atoms with Gasteiger partial charge in [-0.3, -0.25) is 4.98 Å². The molecule has 0 fully saturated rings. The van der Waals surface area contributed by atoms with Crippen LogP contribution in [0.15, 0.2) is 60.7 Å². The van der Waals surface area contributed by atoms with Gasteiger partial charge in [0, 0.05) is 18.2 Å². The highest BCUT2D eigenvalue weighted by molar-refractivity contribution is 5.79. The van der Waals surface area contributed by atoms with E-state index in [4.69, 9.17) is 10.5 Å². The fraction of sp³-hybridized carbons (Fsp3) is 0.280. The van der Waals surface area contributed by atoms with Crippen LogP contribution in [0, 0.1) is 6.92 Å². The molecule has 1 aliphatic carbocycles. The number of aryl methyl sites for hydroxylation is 1. The van der Waals surface area contributed by atoms with E-state index in [-0.39, 0.29) is 31.2 Å². The number of hydrogen-bond acceptors (Lipinski definition) is 6. The lowest BCUT2D eigenvalue weighted by atomic mass is 9.98. The normalized spacial score (nSPS) is 14.3. The molecule has 0 saturated carbocycles. The predicted molar refractivity (Wildman–Crippen MR) is 122 cm³/mol. The Morgan fingerprint density at radius 2 is 1.69 bits per heavy atom. The summed E-state index contributed by atoms with van der Waals surface area (Å²) in [6.45, 7) is 2.14. The number of aromatic nitrogens is 1. The molecule has 0 aliphatic heterocycles. The average Bonchev–Trinajstić information content (AvgIpc) is 3.12. The summed E-state index contributed by atoms with van der Waals surface area (Å²) in [5.74, 6) is -0.0177. The number of benzene rings is 2. The van der Waals surface area contributed by atoms with Crippen LogP contribution in [0.1, 0.15) is 41.0 Å². The minimum absolute atomic E-state index is 0.0177. The Morgan fingerprint density at radius 3 is 2.34 bits per heavy atom. The summed E-state index contributed by atoms with van der Waals surface area (Å²) < 4.78 is 5.47. The Labute approximate surface area is 186 Å². The molecule has 1 aliphatic rings. The molecule has 0 saturated heterocycles. The highest BCUT2D eigenvalue weighted by Gasteiger charge is 2.29. The van der Waals surface area contributed by atoms with Crippen molar-refractivity contribution in [3.8, 4) is 11.1 Å². The first-order chi connectivity index (χ1) is 15.5. The van der Waals surface area contributed by atoms with E-state index in [0.717, 1.165) is 11.1 Å². The number of fused-ring (bicyclic) bond motifs is 3. The standard InChI is InChI=1S/C25H27N3O4/c1-15-10-11-21(26)23(28-15)24(30)22(29)12-13-27-25(31)32-14-20-18-8-4-2-6-16(18)17-7-3-5-9-19(17)20/h2-11,20,22,24,29-30H,12-14,26H2,1H3,(H,27,31). The molecule has 2 aromatic carbocycles. The number of pyridine rings is 1. The summed E-state index contributed by atoms with van der Waals surface area (Å²) >= 11 is 0. The fourth-order valence-electron chi connectivity index (χ4n) is 4.14. The number of nitrogens with two attached hydrogens (primary N) is 1. The molecule has 0 bridgehead atoms. The first kappa shape index (κ1) is 21.8. The van der Waals surface area contributed by atoms with Crippen molar-refractivity contribution in [3.05, 3.63) is 83.2 Å². The topological polar surface area (TPSA) is 118 Å². The van der Waals surface area contributed by atoms with Crippen molar-refractivity contribution in [1.29, 1.82) is 0 Å². The number of ether oxygens (including phenoxy) is 1. The van der Waals surface area contributed by atoms with Crippen molar-refractivity contribution >= 4 is 11.8 Å². The van der Waals surface area contributed by atoms with E-state index in [1.165, 1.54) is 11.1 Å². The number of aliphatic hydroxyl groups is 2. The number of nitrogens with one attached hydrogen (secondary N) is 1. The number of nitrogens with zero attached hydrogens (tertiary/aromatic N) is 1. The largest absolute Gasteiger partial charge is 0.449 e. The van der Waals surface area contributed by atoms with Crippen molar-refractivity contribution in [2.45, 2.75) is 31.5 Å². The quantitative estimate of drug-likeness (QED) is 0.454. The second kappa shape index (κ2) is 9.38. The molecule has 2 unspecified atom stereocenters. The molecule has 1 amide bonds. The van der Waals surface area contributed by atoms with Gasteiger partial charge in [-0.2, -0.15) is 0 Å². The summed E-state index contributed by atoms with van der Waals surface area (Å²) in [6, 6.07) is 19.6. The third-order valence-electron chi connectivity index (χ3n) is 5.79. The summed E-state index contributed by atoms with van der Waals surface area (Å²) in [7, 11) is 0. The van der Waals surface area contributed by atoms with Gasteiger partial charge in [0.25, 0.3) is 0 Å². The summed E-state index contributed by atoms with van der Waals surface area (Å²) in [5, 5.41) is 23.3. The monoisotopic (exact) mass is 433 g/mol. The number of carbonyl (C=O) groups is 1. The van der Waals surface area contributed by atoms with E-state index in [1.54, 1.807) is 19.1 Å². The molecular weight excluding hydrogens is 406 g/mol. The Balaban J connectivity index is 1.29. The number of amides is 1. The van der Waals surface area contributed by atoms with Gasteiger partial charge in [-0.15, -0.1) is 0 Å². The molecule has 0 radical (unpaired) electrons. The molecule has 2 atom stereocenters. The zero-order valence-electron chi connectivity index (χ0n) is 17.9. The van der Waals surface area contributed by atoms with Gasteiger partial charge in [0.2, 0.25) is 0 Å². The van der Waals surface area contributed by atoms with E-state index in [1.807, 2.05) is 24.3 Å². The lowest BCUT2D eigenvalue weighted by Crippen LogP contribution is -2.31. The SMILES string of the molecule is Cc1ccc(N)c(C(O)C(O)CCNC(=O)OCC2c3ccccc3-c3ccccc32)n1. The van der Waals surface area contributed by atoms with Crippen LogP contribution in [0.25, 0.3) is 11.1 Å². The Morgan fingerprint density at radius 1 is 1.06 bits per heavy atom. The van der Waals surface area contributed by atoms with Gasteiger partial charge in [-0.05, 0) is 47.7 Å². The maximum Gasteiger partial charge on any atom is 0.407 e. The minimum Gasteiger partial charge on any atom is -0.449 e. The Hall–Kier alpha value is -3.42. The molecule has 3 aromatic rings. The second-order valence-electron chi connectivity index (χ2n) is 7.98. The van der Waals surface area contributed by atoms with Crippen LogP contribution < -0.4 is 11.1 Å². The molecule has 166 valence electrons. The van der Waals surface area contributed by atoms with Gasteiger partial charge in [0.1, 0.15) is 12.7 Å². The molecule has 1 heterocycles. The van der Waals surface area contributed by atoms with E-state index in [9.17, 15) is 15.0 Å². The first-order valence-corrected chi connectivity index (χ1v) is 10.6. The molecule has 4 rings (SSSR count). The number of rotatable bonds is 7. The molecular formula is C25H27N3O4. The van der Waals surface area contributed by atoms with Crippen LogP contribution in [0.2, 0.25) is 0 Å². The number of carbonyl (C=O) groups excluding carboxylic acids is 1. The maximum absolute atomic E-state index is 12.2. The van der Waals surface area contributed by atoms with Crippen molar-refractivity contribution in [2.75, 3.05) is 18.9 Å². The van der Waals surface area contributed by atoms with E-state index < -0.39 is 18.3 Å². The Bertz CT molecular complexity index is 1070. The number of hydrogen-bond donors (Lipinski definition) is 4. The van der Waals surface area contributed by atoms with Crippen LogP contribution in [0.5, 0.6) is 0 Å². The third-order valence-corrected chi connectivity index (χ3v) is 5.79. The van der Waals surface area contributed by atoms with Crippen molar-refractivity contribution < 1.29 is 19.7 Å². The summed E-state index contributed by atoms with van der Waals surface area (Å²) in [4.78, 5) is 16.4.